The molecule has 0 N–H and O–H groups in total. The molecular weight excluding hydrogens is 626 g/mol. The van der Waals surface area contributed by atoms with Gasteiger partial charge in [-0.25, -0.2) is 0 Å². The van der Waals surface area contributed by atoms with Gasteiger partial charge in [-0.05, 0) is 45.3 Å². The Labute approximate surface area is 236 Å². The van der Waals surface area contributed by atoms with Gasteiger partial charge in [-0.3, -0.25) is 15.0 Å². The molecule has 0 aliphatic carbocycles. The van der Waals surface area contributed by atoms with Gasteiger partial charge in [0, 0.05) is 0 Å². The van der Waals surface area contributed by atoms with Crippen molar-refractivity contribution in [3.63, 3.8) is 0 Å². The fraction of sp³-hybridized carbons (Fsp3) is 0. The quantitative estimate of drug-likeness (QED) is 0.175. The van der Waals surface area contributed by atoms with E-state index in [9.17, 15) is 0 Å². The van der Waals surface area contributed by atoms with Crippen LogP contribution in [0.1, 0.15) is 0 Å². The minimum absolute atomic E-state index is 0. The van der Waals surface area contributed by atoms with Crippen molar-refractivity contribution < 1.29 is 35.6 Å². The second-order valence-electron chi connectivity index (χ2n) is 5.84. The van der Waals surface area contributed by atoms with Crippen LogP contribution in [0.3, 0.4) is 0 Å². The average molecular weight is 638 g/mol. The number of benzene rings is 3. The molecule has 0 aliphatic heterocycles. The van der Waals surface area contributed by atoms with Crippen LogP contribution in [0, 0.1) is 35.6 Å². The van der Waals surface area contributed by atoms with E-state index in [0.717, 1.165) is 29.6 Å². The number of hydrogen-bond acceptors (Lipinski definition) is 9. The van der Waals surface area contributed by atoms with E-state index in [1.165, 1.54) is 14.1 Å². The van der Waals surface area contributed by atoms with Crippen LogP contribution in [-0.2, 0) is 37.9 Å². The summed E-state index contributed by atoms with van der Waals surface area (Å²) in [5.74, 6) is 0. The van der Waals surface area contributed by atoms with Crippen molar-refractivity contribution in [2.75, 3.05) is 0 Å². The van der Waals surface area contributed by atoms with Crippen LogP contribution in [0.2, 0.25) is 0 Å². The number of nitrogens with zero attached hydrogens (tertiary/aromatic N) is 3. The first-order valence-electron chi connectivity index (χ1n) is 8.66. The molecule has 0 amide bonds. The molecule has 3 nitrogen and oxygen atoms in total. The smallest absolute Gasteiger partial charge is 0.408 e. The minimum Gasteiger partial charge on any atom is -0.408 e. The van der Waals surface area contributed by atoms with Gasteiger partial charge in [0.2, 0.25) is 0 Å². The second-order valence-corrected chi connectivity index (χ2v) is 10.9. The fourth-order valence-corrected chi connectivity index (χ4v) is 5.75. The van der Waals surface area contributed by atoms with Crippen molar-refractivity contribution in [3.05, 3.63) is 72.8 Å². The summed E-state index contributed by atoms with van der Waals surface area (Å²) < 4.78 is 5.69. The summed E-state index contributed by atoms with van der Waals surface area (Å²) in [4.78, 5) is 12.4. The number of rotatable bonds is 0. The minimum atomic E-state index is 0. The topological polar surface area (TPSA) is 38.7 Å². The Morgan fingerprint density at radius 1 is 0.452 bits per heavy atom. The van der Waals surface area contributed by atoms with E-state index < -0.39 is 0 Å². The molecule has 0 unspecified atom stereocenters. The van der Waals surface area contributed by atoms with Gasteiger partial charge in [-0.1, -0.05) is 54.6 Å². The summed E-state index contributed by atoms with van der Waals surface area (Å²) in [5, 5.41) is 0. The first-order valence-corrected chi connectivity index (χ1v) is 12.3. The molecule has 0 spiro atoms. The Bertz CT molecular complexity index is 1140. The summed E-state index contributed by atoms with van der Waals surface area (Å²) in [5.41, 5.74) is 3.03. The van der Waals surface area contributed by atoms with Crippen molar-refractivity contribution in [1.82, 2.24) is 15.0 Å². The monoisotopic (exact) mass is 637 g/mol. The van der Waals surface area contributed by atoms with Crippen LogP contribution in [0.5, 0.6) is 0 Å². The average Bonchev–Trinajstić information content (AvgIpc) is 3.41. The van der Waals surface area contributed by atoms with Crippen molar-refractivity contribution in [1.29, 1.82) is 0 Å². The maximum Gasteiger partial charge on any atom is 3.00 e. The predicted octanol–water partition coefficient (Wildman–Crippen LogP) is 6.61. The molecule has 6 aromatic rings. The summed E-state index contributed by atoms with van der Waals surface area (Å²) in [6, 6.07) is 23.9. The summed E-state index contributed by atoms with van der Waals surface area (Å²) in [6.45, 7) is 0. The van der Waals surface area contributed by atoms with E-state index in [1.807, 2.05) is 72.8 Å². The summed E-state index contributed by atoms with van der Waals surface area (Å²) >= 11 is 19.4. The Kier molecular flexibility index (Phi) is 9.51. The standard InChI is InChI=1S/3C7H5NS2.La/c3*9-7-8-5-3-1-2-4-6(5)10-7;/h3*1-4H,(H,8,9);/q;;;+3/p-3. The molecule has 3 heterocycles. The van der Waals surface area contributed by atoms with E-state index in [0.29, 0.717) is 0 Å². The Morgan fingerprint density at radius 3 is 0.968 bits per heavy atom. The summed E-state index contributed by atoms with van der Waals surface area (Å²) in [7, 11) is 0. The molecule has 3 aromatic carbocycles. The summed E-state index contributed by atoms with van der Waals surface area (Å²) in [6.07, 6.45) is 0. The molecule has 0 saturated carbocycles. The van der Waals surface area contributed by atoms with Gasteiger partial charge in [-0.2, -0.15) is 0 Å². The molecule has 0 fully saturated rings. The van der Waals surface area contributed by atoms with Gasteiger partial charge in [0.1, 0.15) is 0 Å². The zero-order chi connectivity index (χ0) is 20.9. The van der Waals surface area contributed by atoms with Gasteiger partial charge in [0.05, 0.1) is 16.6 Å². The first-order chi connectivity index (χ1) is 14.6. The number of thiazole rings is 3. The van der Waals surface area contributed by atoms with Gasteiger partial charge >= 0.3 is 35.6 Å². The SMILES string of the molecule is [La+3].[S-]c1nc2ccccc2s1.[S-]c1nc2ccccc2s1.[S-]c1nc2ccccc2s1. The molecule has 6 rings (SSSR count). The van der Waals surface area contributed by atoms with E-state index in [1.54, 1.807) is 34.0 Å². The third-order valence-corrected chi connectivity index (χ3v) is 7.34. The molecule has 3 aromatic heterocycles. The number of aromatic nitrogens is 3. The third kappa shape index (κ3) is 6.83. The zero-order valence-corrected chi connectivity index (χ0v) is 24.3. The van der Waals surface area contributed by atoms with Gasteiger partial charge in [-0.15, -0.1) is 0 Å². The maximum absolute atomic E-state index is 4.92. The molecule has 0 atom stereocenters. The van der Waals surface area contributed by atoms with Crippen LogP contribution in [0.4, 0.5) is 0 Å². The second kappa shape index (κ2) is 11.9. The van der Waals surface area contributed by atoms with Crippen molar-refractivity contribution >= 4 is 103 Å². The van der Waals surface area contributed by atoms with E-state index in [-0.39, 0.29) is 35.6 Å². The first kappa shape index (κ1) is 24.8. The van der Waals surface area contributed by atoms with E-state index >= 15 is 0 Å². The van der Waals surface area contributed by atoms with Gasteiger partial charge < -0.3 is 71.9 Å². The van der Waals surface area contributed by atoms with Crippen molar-refractivity contribution in [3.8, 4) is 0 Å². The zero-order valence-electron chi connectivity index (χ0n) is 15.8. The van der Waals surface area contributed by atoms with Crippen LogP contribution in [-0.4, -0.2) is 15.0 Å². The molecule has 0 radical (unpaired) electrons. The molecule has 31 heavy (non-hydrogen) atoms. The van der Waals surface area contributed by atoms with E-state index in [4.69, 9.17) is 37.9 Å². The number of hydrogen-bond donors (Lipinski definition) is 0. The molecule has 0 aliphatic rings. The molecule has 0 bridgehead atoms. The van der Waals surface area contributed by atoms with Gasteiger partial charge in [0.15, 0.2) is 0 Å². The molecule has 0 saturated heterocycles. The Balaban J connectivity index is 0.000000130. The number of para-hydroxylation sites is 3. The number of fused-ring (bicyclic) bond motifs is 3. The maximum atomic E-state index is 4.92. The van der Waals surface area contributed by atoms with Crippen LogP contribution < -0.4 is 0 Å². The Morgan fingerprint density at radius 2 is 0.710 bits per heavy atom. The predicted molar refractivity (Wildman–Crippen MR) is 136 cm³/mol. The largest absolute Gasteiger partial charge is 3.00 e. The van der Waals surface area contributed by atoms with Crippen LogP contribution in [0.15, 0.2) is 85.8 Å². The normalized spacial score (nSPS) is 10.1. The van der Waals surface area contributed by atoms with E-state index in [2.05, 4.69) is 15.0 Å². The molecular formula is C21H12LaN3S6. The molecule has 150 valence electrons. The van der Waals surface area contributed by atoms with Crippen LogP contribution in [0.25, 0.3) is 30.6 Å². The van der Waals surface area contributed by atoms with Gasteiger partial charge in [0.25, 0.3) is 0 Å². The van der Waals surface area contributed by atoms with Crippen molar-refractivity contribution in [2.45, 2.75) is 13.0 Å². The third-order valence-electron chi connectivity index (χ3n) is 3.82. The van der Waals surface area contributed by atoms with Crippen molar-refractivity contribution in [2.24, 2.45) is 0 Å². The molecule has 10 heteroatoms. The fourth-order valence-electron chi connectivity index (χ4n) is 2.55. The van der Waals surface area contributed by atoms with Crippen LogP contribution >= 0.6 is 34.0 Å². The Hall–Kier alpha value is -0.815.